The standard InChI is InChI=1S/C14H17ClN2O.ClH/c1-10-2-3-12(8-13(10)15)14(18)17-9-11-4-6-16-7-5-11;/h2-4,8,16H,5-7,9H2,1H3,(H,17,18);1H. The monoisotopic (exact) mass is 300 g/mol. The van der Waals surface area contributed by atoms with E-state index in [0.717, 1.165) is 25.1 Å². The fraction of sp³-hybridized carbons (Fsp3) is 0.357. The quantitative estimate of drug-likeness (QED) is 0.843. The molecule has 0 saturated heterocycles. The van der Waals surface area contributed by atoms with Crippen molar-refractivity contribution in [1.29, 1.82) is 0 Å². The van der Waals surface area contributed by atoms with Gasteiger partial charge in [-0.05, 0) is 37.6 Å². The second kappa shape index (κ2) is 7.53. The summed E-state index contributed by atoms with van der Waals surface area (Å²) in [6.45, 7) is 4.41. The van der Waals surface area contributed by atoms with Gasteiger partial charge in [-0.1, -0.05) is 29.3 Å². The molecule has 1 aliphatic heterocycles. The van der Waals surface area contributed by atoms with Crippen LogP contribution in [0.3, 0.4) is 0 Å². The Balaban J connectivity index is 0.00000180. The summed E-state index contributed by atoms with van der Waals surface area (Å²) >= 11 is 6.01. The highest BCUT2D eigenvalue weighted by Gasteiger charge is 2.09. The molecular formula is C14H18Cl2N2O. The maximum absolute atomic E-state index is 11.9. The van der Waals surface area contributed by atoms with Crippen molar-refractivity contribution in [3.05, 3.63) is 46.0 Å². The van der Waals surface area contributed by atoms with Gasteiger partial charge in [-0.15, -0.1) is 12.4 Å². The molecule has 104 valence electrons. The Kier molecular flexibility index (Phi) is 6.35. The van der Waals surface area contributed by atoms with Crippen molar-refractivity contribution < 1.29 is 4.79 Å². The molecule has 0 aromatic heterocycles. The van der Waals surface area contributed by atoms with E-state index in [-0.39, 0.29) is 18.3 Å². The van der Waals surface area contributed by atoms with Crippen LogP contribution in [0.1, 0.15) is 22.3 Å². The van der Waals surface area contributed by atoms with Crippen LogP contribution in [0.5, 0.6) is 0 Å². The Morgan fingerprint density at radius 2 is 2.26 bits per heavy atom. The zero-order valence-electron chi connectivity index (χ0n) is 10.8. The summed E-state index contributed by atoms with van der Waals surface area (Å²) in [4.78, 5) is 11.9. The Labute approximate surface area is 124 Å². The van der Waals surface area contributed by atoms with Gasteiger partial charge in [0.15, 0.2) is 0 Å². The lowest BCUT2D eigenvalue weighted by molar-refractivity contribution is 0.0956. The van der Waals surface area contributed by atoms with E-state index in [4.69, 9.17) is 11.6 Å². The van der Waals surface area contributed by atoms with Crippen LogP contribution < -0.4 is 10.6 Å². The molecule has 1 aromatic rings. The Morgan fingerprint density at radius 1 is 1.47 bits per heavy atom. The first kappa shape index (κ1) is 16.0. The smallest absolute Gasteiger partial charge is 0.251 e. The lowest BCUT2D eigenvalue weighted by Crippen LogP contribution is -2.29. The summed E-state index contributed by atoms with van der Waals surface area (Å²) in [6, 6.07) is 5.37. The third-order valence-electron chi connectivity index (χ3n) is 3.07. The maximum atomic E-state index is 11.9. The molecule has 0 saturated carbocycles. The average molecular weight is 301 g/mol. The van der Waals surface area contributed by atoms with Crippen molar-refractivity contribution in [3.8, 4) is 0 Å². The number of rotatable bonds is 3. The number of amides is 1. The minimum Gasteiger partial charge on any atom is -0.348 e. The Bertz CT molecular complexity index is 486. The number of aryl methyl sites for hydroxylation is 1. The van der Waals surface area contributed by atoms with E-state index in [9.17, 15) is 4.79 Å². The predicted molar refractivity (Wildman–Crippen MR) is 81.3 cm³/mol. The predicted octanol–water partition coefficient (Wildman–Crippen LogP) is 2.72. The molecule has 3 nitrogen and oxygen atoms in total. The van der Waals surface area contributed by atoms with Gasteiger partial charge >= 0.3 is 0 Å². The molecule has 0 aliphatic carbocycles. The van der Waals surface area contributed by atoms with Gasteiger partial charge in [0, 0.05) is 23.7 Å². The molecule has 1 aromatic carbocycles. The molecule has 2 N–H and O–H groups in total. The number of carbonyl (C=O) groups is 1. The number of nitrogens with one attached hydrogen (secondary N) is 2. The van der Waals surface area contributed by atoms with E-state index >= 15 is 0 Å². The highest BCUT2D eigenvalue weighted by Crippen LogP contribution is 2.16. The molecule has 0 spiro atoms. The van der Waals surface area contributed by atoms with Crippen molar-refractivity contribution >= 4 is 29.9 Å². The number of benzene rings is 1. The molecule has 0 unspecified atom stereocenters. The summed E-state index contributed by atoms with van der Waals surface area (Å²) in [5.41, 5.74) is 2.87. The van der Waals surface area contributed by atoms with Gasteiger partial charge in [0.1, 0.15) is 0 Å². The first-order valence-corrected chi connectivity index (χ1v) is 6.47. The van der Waals surface area contributed by atoms with Gasteiger partial charge in [0.05, 0.1) is 0 Å². The molecule has 0 atom stereocenters. The molecule has 2 rings (SSSR count). The molecule has 0 radical (unpaired) electrons. The summed E-state index contributed by atoms with van der Waals surface area (Å²) in [5.74, 6) is -0.0728. The third-order valence-corrected chi connectivity index (χ3v) is 3.48. The van der Waals surface area contributed by atoms with Crippen LogP contribution in [0.2, 0.25) is 5.02 Å². The van der Waals surface area contributed by atoms with E-state index in [2.05, 4.69) is 16.7 Å². The molecule has 0 fully saturated rings. The van der Waals surface area contributed by atoms with E-state index in [1.54, 1.807) is 12.1 Å². The normalized spacial score (nSPS) is 14.3. The first-order chi connectivity index (χ1) is 8.66. The average Bonchev–Trinajstić information content (AvgIpc) is 2.40. The lowest BCUT2D eigenvalue weighted by Gasteiger charge is -2.14. The van der Waals surface area contributed by atoms with Crippen molar-refractivity contribution in [2.75, 3.05) is 19.6 Å². The van der Waals surface area contributed by atoms with Crippen LogP contribution in [-0.4, -0.2) is 25.5 Å². The van der Waals surface area contributed by atoms with Crippen LogP contribution in [0.15, 0.2) is 29.8 Å². The SMILES string of the molecule is Cc1ccc(C(=O)NCC2=CCNCC2)cc1Cl.Cl. The van der Waals surface area contributed by atoms with Crippen LogP contribution >= 0.6 is 24.0 Å². The van der Waals surface area contributed by atoms with Gasteiger partial charge in [0.2, 0.25) is 0 Å². The van der Waals surface area contributed by atoms with Gasteiger partial charge in [0.25, 0.3) is 5.91 Å². The van der Waals surface area contributed by atoms with Crippen LogP contribution in [-0.2, 0) is 0 Å². The summed E-state index contributed by atoms with van der Waals surface area (Å²) in [6.07, 6.45) is 3.13. The van der Waals surface area contributed by atoms with Crippen molar-refractivity contribution in [2.24, 2.45) is 0 Å². The first-order valence-electron chi connectivity index (χ1n) is 6.10. The topological polar surface area (TPSA) is 41.1 Å². The van der Waals surface area contributed by atoms with Gasteiger partial charge < -0.3 is 10.6 Å². The second-order valence-corrected chi connectivity index (χ2v) is 4.87. The molecule has 1 heterocycles. The second-order valence-electron chi connectivity index (χ2n) is 4.46. The van der Waals surface area contributed by atoms with E-state index in [0.29, 0.717) is 17.1 Å². The Hall–Kier alpha value is -1.03. The number of hydrogen-bond acceptors (Lipinski definition) is 2. The summed E-state index contributed by atoms with van der Waals surface area (Å²) < 4.78 is 0. The summed E-state index contributed by atoms with van der Waals surface area (Å²) in [7, 11) is 0. The number of halogens is 2. The van der Waals surface area contributed by atoms with Crippen LogP contribution in [0.4, 0.5) is 0 Å². The van der Waals surface area contributed by atoms with Crippen LogP contribution in [0, 0.1) is 6.92 Å². The highest BCUT2D eigenvalue weighted by atomic mass is 35.5. The molecule has 19 heavy (non-hydrogen) atoms. The van der Waals surface area contributed by atoms with Crippen molar-refractivity contribution in [1.82, 2.24) is 10.6 Å². The maximum Gasteiger partial charge on any atom is 0.251 e. The molecular weight excluding hydrogens is 283 g/mol. The molecule has 1 aliphatic rings. The van der Waals surface area contributed by atoms with Gasteiger partial charge in [-0.2, -0.15) is 0 Å². The van der Waals surface area contributed by atoms with Gasteiger partial charge in [-0.3, -0.25) is 4.79 Å². The minimum atomic E-state index is -0.0728. The Morgan fingerprint density at radius 3 is 2.89 bits per heavy atom. The van der Waals surface area contributed by atoms with Crippen molar-refractivity contribution in [3.63, 3.8) is 0 Å². The third kappa shape index (κ3) is 4.53. The zero-order chi connectivity index (χ0) is 13.0. The van der Waals surface area contributed by atoms with E-state index < -0.39 is 0 Å². The number of hydrogen-bond donors (Lipinski definition) is 2. The molecule has 0 bridgehead atoms. The van der Waals surface area contributed by atoms with Crippen molar-refractivity contribution in [2.45, 2.75) is 13.3 Å². The highest BCUT2D eigenvalue weighted by molar-refractivity contribution is 6.31. The fourth-order valence-corrected chi connectivity index (χ4v) is 2.04. The van der Waals surface area contributed by atoms with E-state index in [1.807, 2.05) is 13.0 Å². The fourth-order valence-electron chi connectivity index (χ4n) is 1.86. The molecule has 5 heteroatoms. The largest absolute Gasteiger partial charge is 0.348 e. The van der Waals surface area contributed by atoms with Gasteiger partial charge in [-0.25, -0.2) is 0 Å². The van der Waals surface area contributed by atoms with Crippen LogP contribution in [0.25, 0.3) is 0 Å². The molecule has 1 amide bonds. The number of carbonyl (C=O) groups excluding carboxylic acids is 1. The minimum absolute atomic E-state index is 0. The van der Waals surface area contributed by atoms with E-state index in [1.165, 1.54) is 5.57 Å². The summed E-state index contributed by atoms with van der Waals surface area (Å²) in [5, 5.41) is 6.79. The lowest BCUT2D eigenvalue weighted by atomic mass is 10.1. The zero-order valence-corrected chi connectivity index (χ0v) is 12.4.